The summed E-state index contributed by atoms with van der Waals surface area (Å²) in [6.07, 6.45) is 3.17. The first-order valence-electron chi connectivity index (χ1n) is 8.80. The number of aryl methyl sites for hydroxylation is 1. The number of nitrogens with one attached hydrogen (secondary N) is 2. The molecule has 0 radical (unpaired) electrons. The van der Waals surface area contributed by atoms with Gasteiger partial charge in [-0.15, -0.1) is 0 Å². The van der Waals surface area contributed by atoms with Gasteiger partial charge in [0.15, 0.2) is 5.96 Å². The van der Waals surface area contributed by atoms with E-state index in [-0.39, 0.29) is 0 Å². The molecule has 2 unspecified atom stereocenters. The maximum atomic E-state index is 4.64. The molecule has 1 aromatic heterocycles. The summed E-state index contributed by atoms with van der Waals surface area (Å²) in [5.41, 5.74) is 1.11. The molecule has 2 N–H and O–H groups in total. The maximum Gasteiger partial charge on any atom is 0.191 e. The van der Waals surface area contributed by atoms with E-state index in [9.17, 15) is 0 Å². The second-order valence-electron chi connectivity index (χ2n) is 6.77. The van der Waals surface area contributed by atoms with Crippen molar-refractivity contribution in [3.8, 4) is 0 Å². The van der Waals surface area contributed by atoms with Crippen molar-refractivity contribution < 1.29 is 0 Å². The predicted molar refractivity (Wildman–Crippen MR) is 95.4 cm³/mol. The van der Waals surface area contributed by atoms with Gasteiger partial charge in [0.2, 0.25) is 0 Å². The van der Waals surface area contributed by atoms with Gasteiger partial charge in [-0.3, -0.25) is 4.68 Å². The SMILES string of the molecule is CCNC(=NCc1ccnn1C)NCCN1CC(C)CC(C)C1. The third-order valence-corrected chi connectivity index (χ3v) is 4.33. The average Bonchev–Trinajstić information content (AvgIpc) is 2.89. The molecule has 23 heavy (non-hydrogen) atoms. The first kappa shape index (κ1) is 17.8. The van der Waals surface area contributed by atoms with Gasteiger partial charge < -0.3 is 15.5 Å². The Labute approximate surface area is 140 Å². The molecular formula is C17H32N6. The summed E-state index contributed by atoms with van der Waals surface area (Å²) in [6.45, 7) is 12.8. The maximum absolute atomic E-state index is 4.64. The van der Waals surface area contributed by atoms with Crippen LogP contribution in [0, 0.1) is 11.8 Å². The smallest absolute Gasteiger partial charge is 0.191 e. The van der Waals surface area contributed by atoms with E-state index in [1.54, 1.807) is 0 Å². The molecule has 1 aliphatic heterocycles. The normalized spacial score (nSPS) is 23.0. The van der Waals surface area contributed by atoms with Crippen LogP contribution in [0.4, 0.5) is 0 Å². The van der Waals surface area contributed by atoms with Crippen LogP contribution >= 0.6 is 0 Å². The standard InChI is InChI=1S/C17H32N6/c1-5-18-17(20-11-16-6-7-21-22(16)4)19-8-9-23-12-14(2)10-15(3)13-23/h6-7,14-15H,5,8-13H2,1-4H3,(H2,18,19,20). The zero-order valence-corrected chi connectivity index (χ0v) is 15.0. The third-order valence-electron chi connectivity index (χ3n) is 4.33. The van der Waals surface area contributed by atoms with E-state index in [1.807, 2.05) is 24.0 Å². The molecule has 1 aliphatic rings. The van der Waals surface area contributed by atoms with Gasteiger partial charge in [-0.1, -0.05) is 13.8 Å². The number of rotatable bonds is 6. The lowest BCUT2D eigenvalue weighted by Gasteiger charge is -2.35. The fourth-order valence-electron chi connectivity index (χ4n) is 3.37. The fraction of sp³-hybridized carbons (Fsp3) is 0.765. The van der Waals surface area contributed by atoms with E-state index >= 15 is 0 Å². The van der Waals surface area contributed by atoms with Crippen molar-refractivity contribution in [3.63, 3.8) is 0 Å². The van der Waals surface area contributed by atoms with Gasteiger partial charge in [-0.2, -0.15) is 5.10 Å². The number of hydrogen-bond donors (Lipinski definition) is 2. The lowest BCUT2D eigenvalue weighted by atomic mass is 9.92. The molecule has 0 amide bonds. The molecule has 1 saturated heterocycles. The Morgan fingerprint density at radius 1 is 1.30 bits per heavy atom. The summed E-state index contributed by atoms with van der Waals surface area (Å²) in [4.78, 5) is 7.21. The van der Waals surface area contributed by atoms with Crippen LogP contribution in [0.5, 0.6) is 0 Å². The summed E-state index contributed by atoms with van der Waals surface area (Å²) in [6, 6.07) is 2.00. The van der Waals surface area contributed by atoms with Crippen molar-refractivity contribution in [2.75, 3.05) is 32.7 Å². The monoisotopic (exact) mass is 320 g/mol. The Morgan fingerprint density at radius 2 is 2.04 bits per heavy atom. The predicted octanol–water partition coefficient (Wildman–Crippen LogP) is 1.45. The highest BCUT2D eigenvalue weighted by Crippen LogP contribution is 2.20. The highest BCUT2D eigenvalue weighted by atomic mass is 15.3. The van der Waals surface area contributed by atoms with Gasteiger partial charge in [0.1, 0.15) is 0 Å². The first-order chi connectivity index (χ1) is 11.1. The zero-order chi connectivity index (χ0) is 16.7. The molecule has 0 aromatic carbocycles. The second kappa shape index (κ2) is 8.91. The number of guanidine groups is 1. The van der Waals surface area contributed by atoms with Gasteiger partial charge in [-0.05, 0) is 31.2 Å². The van der Waals surface area contributed by atoms with E-state index in [1.165, 1.54) is 19.5 Å². The Morgan fingerprint density at radius 3 is 2.65 bits per heavy atom. The Kier molecular flexibility index (Phi) is 6.89. The molecule has 0 aliphatic carbocycles. The highest BCUT2D eigenvalue weighted by molar-refractivity contribution is 5.79. The van der Waals surface area contributed by atoms with Crippen LogP contribution in [-0.2, 0) is 13.6 Å². The number of nitrogens with zero attached hydrogens (tertiary/aromatic N) is 4. The molecular weight excluding hydrogens is 288 g/mol. The van der Waals surface area contributed by atoms with Gasteiger partial charge >= 0.3 is 0 Å². The van der Waals surface area contributed by atoms with Gasteiger partial charge in [0.05, 0.1) is 12.2 Å². The molecule has 0 bridgehead atoms. The minimum absolute atomic E-state index is 0.642. The molecule has 1 fully saturated rings. The summed E-state index contributed by atoms with van der Waals surface area (Å²) in [7, 11) is 1.95. The average molecular weight is 320 g/mol. The van der Waals surface area contributed by atoms with Crippen molar-refractivity contribution in [2.24, 2.45) is 23.9 Å². The van der Waals surface area contributed by atoms with Crippen molar-refractivity contribution in [1.82, 2.24) is 25.3 Å². The number of likely N-dealkylation sites (tertiary alicyclic amines) is 1. The van der Waals surface area contributed by atoms with Crippen molar-refractivity contribution >= 4 is 5.96 Å². The number of hydrogen-bond acceptors (Lipinski definition) is 3. The Balaban J connectivity index is 1.79. The molecule has 2 rings (SSSR count). The Hall–Kier alpha value is -1.56. The van der Waals surface area contributed by atoms with Crippen LogP contribution in [0.25, 0.3) is 0 Å². The summed E-state index contributed by atoms with van der Waals surface area (Å²) in [5, 5.41) is 10.9. The number of piperidine rings is 1. The fourth-order valence-corrected chi connectivity index (χ4v) is 3.37. The number of aliphatic imine (C=N–C) groups is 1. The minimum atomic E-state index is 0.642. The van der Waals surface area contributed by atoms with Crippen molar-refractivity contribution in [1.29, 1.82) is 0 Å². The molecule has 6 heteroatoms. The van der Waals surface area contributed by atoms with Crippen molar-refractivity contribution in [2.45, 2.75) is 33.7 Å². The van der Waals surface area contributed by atoms with Gasteiger partial charge in [0.25, 0.3) is 0 Å². The van der Waals surface area contributed by atoms with Crippen LogP contribution in [0.1, 0.15) is 32.9 Å². The summed E-state index contributed by atoms with van der Waals surface area (Å²) < 4.78 is 1.86. The second-order valence-corrected chi connectivity index (χ2v) is 6.77. The van der Waals surface area contributed by atoms with E-state index in [0.29, 0.717) is 6.54 Å². The summed E-state index contributed by atoms with van der Waals surface area (Å²) in [5.74, 6) is 2.50. The zero-order valence-electron chi connectivity index (χ0n) is 15.0. The Bertz CT molecular complexity index is 485. The molecule has 0 saturated carbocycles. The van der Waals surface area contributed by atoms with E-state index < -0.39 is 0 Å². The van der Waals surface area contributed by atoms with Crippen molar-refractivity contribution in [3.05, 3.63) is 18.0 Å². The van der Waals surface area contributed by atoms with Crippen LogP contribution in [0.2, 0.25) is 0 Å². The molecule has 2 atom stereocenters. The van der Waals surface area contributed by atoms with Crippen LogP contribution in [0.3, 0.4) is 0 Å². The summed E-state index contributed by atoms with van der Waals surface area (Å²) >= 11 is 0. The quantitative estimate of drug-likeness (QED) is 0.615. The first-order valence-corrected chi connectivity index (χ1v) is 8.80. The minimum Gasteiger partial charge on any atom is -0.357 e. The van der Waals surface area contributed by atoms with E-state index in [4.69, 9.17) is 0 Å². The van der Waals surface area contributed by atoms with Crippen LogP contribution in [-0.4, -0.2) is 53.4 Å². The van der Waals surface area contributed by atoms with Crippen LogP contribution in [0.15, 0.2) is 17.3 Å². The highest BCUT2D eigenvalue weighted by Gasteiger charge is 2.21. The topological polar surface area (TPSA) is 57.5 Å². The van der Waals surface area contributed by atoms with Gasteiger partial charge in [-0.25, -0.2) is 4.99 Å². The largest absolute Gasteiger partial charge is 0.357 e. The molecule has 2 heterocycles. The lowest BCUT2D eigenvalue weighted by molar-refractivity contribution is 0.143. The van der Waals surface area contributed by atoms with Gasteiger partial charge in [0, 0.05) is 46.0 Å². The lowest BCUT2D eigenvalue weighted by Crippen LogP contribution is -2.45. The van der Waals surface area contributed by atoms with E-state index in [2.05, 4.69) is 46.4 Å². The molecule has 0 spiro atoms. The molecule has 1 aromatic rings. The number of aromatic nitrogens is 2. The van der Waals surface area contributed by atoms with Crippen LogP contribution < -0.4 is 10.6 Å². The van der Waals surface area contributed by atoms with E-state index in [0.717, 1.165) is 43.1 Å². The third kappa shape index (κ3) is 5.86. The molecule has 6 nitrogen and oxygen atoms in total. The molecule has 130 valence electrons.